The standard InChI is InChI=1S/C14H17N5O/c1-9(20)19-5-3-11(8-19)14-12(7-17-18-14)10-2-4-16-13(15)6-10/h2,4,6-7,11H,3,5,8H2,1H3,(H2,15,16)(H,17,18). The second-order valence-corrected chi connectivity index (χ2v) is 5.12. The zero-order valence-electron chi connectivity index (χ0n) is 11.3. The van der Waals surface area contributed by atoms with E-state index in [2.05, 4.69) is 15.2 Å². The van der Waals surface area contributed by atoms with Crippen molar-refractivity contribution in [3.8, 4) is 11.1 Å². The Bertz CT molecular complexity index is 636. The highest BCUT2D eigenvalue weighted by atomic mass is 16.2. The number of carbonyl (C=O) groups is 1. The van der Waals surface area contributed by atoms with Gasteiger partial charge in [0, 0.05) is 43.4 Å². The summed E-state index contributed by atoms with van der Waals surface area (Å²) >= 11 is 0. The van der Waals surface area contributed by atoms with Crippen molar-refractivity contribution in [2.75, 3.05) is 18.8 Å². The van der Waals surface area contributed by atoms with Gasteiger partial charge < -0.3 is 10.6 Å². The zero-order chi connectivity index (χ0) is 14.1. The molecule has 0 aliphatic carbocycles. The van der Waals surface area contributed by atoms with Crippen molar-refractivity contribution < 1.29 is 4.79 Å². The van der Waals surface area contributed by atoms with Crippen LogP contribution in [0.3, 0.4) is 0 Å². The number of likely N-dealkylation sites (tertiary alicyclic amines) is 1. The van der Waals surface area contributed by atoms with Crippen molar-refractivity contribution in [2.24, 2.45) is 0 Å². The largest absolute Gasteiger partial charge is 0.384 e. The fourth-order valence-corrected chi connectivity index (χ4v) is 2.74. The molecule has 1 fully saturated rings. The minimum atomic E-state index is 0.127. The molecular formula is C14H17N5O. The van der Waals surface area contributed by atoms with Crippen LogP contribution in [0.15, 0.2) is 24.5 Å². The van der Waals surface area contributed by atoms with Gasteiger partial charge in [-0.2, -0.15) is 5.10 Å². The number of nitrogens with two attached hydrogens (primary N) is 1. The average Bonchev–Trinajstić information content (AvgIpc) is 3.07. The van der Waals surface area contributed by atoms with Gasteiger partial charge in [-0.3, -0.25) is 9.89 Å². The smallest absolute Gasteiger partial charge is 0.219 e. The first-order valence-electron chi connectivity index (χ1n) is 6.66. The Hall–Kier alpha value is -2.37. The third-order valence-corrected chi connectivity index (χ3v) is 3.80. The number of nitrogen functional groups attached to an aromatic ring is 1. The molecule has 3 N–H and O–H groups in total. The fraction of sp³-hybridized carbons (Fsp3) is 0.357. The minimum Gasteiger partial charge on any atom is -0.384 e. The summed E-state index contributed by atoms with van der Waals surface area (Å²) in [5, 5.41) is 7.23. The molecule has 3 heterocycles. The molecule has 6 nitrogen and oxygen atoms in total. The van der Waals surface area contributed by atoms with E-state index in [0.717, 1.165) is 36.3 Å². The summed E-state index contributed by atoms with van der Waals surface area (Å²) in [4.78, 5) is 17.3. The molecule has 2 aromatic rings. The molecule has 1 aliphatic rings. The highest BCUT2D eigenvalue weighted by molar-refractivity contribution is 5.74. The summed E-state index contributed by atoms with van der Waals surface area (Å²) in [6.07, 6.45) is 4.45. The SMILES string of the molecule is CC(=O)N1CCC(c2[nH]ncc2-c2ccnc(N)c2)C1. The van der Waals surface area contributed by atoms with Gasteiger partial charge in [0.1, 0.15) is 5.82 Å². The van der Waals surface area contributed by atoms with Crippen molar-refractivity contribution in [3.63, 3.8) is 0 Å². The van der Waals surface area contributed by atoms with Crippen LogP contribution in [0.2, 0.25) is 0 Å². The summed E-state index contributed by atoms with van der Waals surface area (Å²) in [6, 6.07) is 3.76. The molecule has 0 spiro atoms. The number of rotatable bonds is 2. The van der Waals surface area contributed by atoms with Gasteiger partial charge in [-0.05, 0) is 24.1 Å². The maximum absolute atomic E-state index is 11.4. The zero-order valence-corrected chi connectivity index (χ0v) is 11.3. The van der Waals surface area contributed by atoms with Gasteiger partial charge in [-0.1, -0.05) is 0 Å². The Labute approximate surface area is 117 Å². The molecule has 2 aromatic heterocycles. The van der Waals surface area contributed by atoms with Crippen LogP contribution >= 0.6 is 0 Å². The van der Waals surface area contributed by atoms with Gasteiger partial charge in [0.2, 0.25) is 5.91 Å². The third kappa shape index (κ3) is 2.24. The maximum atomic E-state index is 11.4. The lowest BCUT2D eigenvalue weighted by Crippen LogP contribution is -2.25. The van der Waals surface area contributed by atoms with E-state index >= 15 is 0 Å². The van der Waals surface area contributed by atoms with Crippen LogP contribution in [0.1, 0.15) is 25.0 Å². The molecule has 1 saturated heterocycles. The molecule has 0 saturated carbocycles. The van der Waals surface area contributed by atoms with Crippen molar-refractivity contribution in [2.45, 2.75) is 19.3 Å². The number of aromatic amines is 1. The van der Waals surface area contributed by atoms with E-state index in [-0.39, 0.29) is 5.91 Å². The number of pyridine rings is 1. The second-order valence-electron chi connectivity index (χ2n) is 5.12. The molecule has 104 valence electrons. The number of anilines is 1. The molecular weight excluding hydrogens is 254 g/mol. The number of carbonyl (C=O) groups excluding carboxylic acids is 1. The number of nitrogens with zero attached hydrogens (tertiary/aromatic N) is 3. The van der Waals surface area contributed by atoms with Gasteiger partial charge >= 0.3 is 0 Å². The Kier molecular flexibility index (Phi) is 3.14. The number of aromatic nitrogens is 3. The monoisotopic (exact) mass is 271 g/mol. The summed E-state index contributed by atoms with van der Waals surface area (Å²) in [7, 11) is 0. The Balaban J connectivity index is 1.90. The predicted molar refractivity (Wildman–Crippen MR) is 75.8 cm³/mol. The van der Waals surface area contributed by atoms with Gasteiger partial charge in [-0.25, -0.2) is 4.98 Å². The molecule has 20 heavy (non-hydrogen) atoms. The summed E-state index contributed by atoms with van der Waals surface area (Å²) in [6.45, 7) is 3.15. The molecule has 1 aliphatic heterocycles. The number of nitrogens with one attached hydrogen (secondary N) is 1. The molecule has 0 radical (unpaired) electrons. The number of H-pyrrole nitrogens is 1. The predicted octanol–water partition coefficient (Wildman–Crippen LogP) is 1.39. The van der Waals surface area contributed by atoms with Gasteiger partial charge in [0.15, 0.2) is 0 Å². The van der Waals surface area contributed by atoms with Gasteiger partial charge in [0.05, 0.1) is 6.20 Å². The van der Waals surface area contributed by atoms with Crippen LogP contribution in [-0.4, -0.2) is 39.1 Å². The summed E-state index contributed by atoms with van der Waals surface area (Å²) < 4.78 is 0. The molecule has 0 bridgehead atoms. The lowest BCUT2D eigenvalue weighted by Gasteiger charge is -2.14. The maximum Gasteiger partial charge on any atom is 0.219 e. The van der Waals surface area contributed by atoms with E-state index in [0.29, 0.717) is 11.7 Å². The summed E-state index contributed by atoms with van der Waals surface area (Å²) in [5.41, 5.74) is 8.84. The lowest BCUT2D eigenvalue weighted by atomic mass is 9.97. The Morgan fingerprint density at radius 3 is 3.10 bits per heavy atom. The van der Waals surface area contributed by atoms with Crippen LogP contribution in [0, 0.1) is 0 Å². The van der Waals surface area contributed by atoms with Crippen LogP contribution in [0.25, 0.3) is 11.1 Å². The second kappa shape index (κ2) is 4.96. The van der Waals surface area contributed by atoms with E-state index in [1.807, 2.05) is 17.0 Å². The first kappa shape index (κ1) is 12.7. The van der Waals surface area contributed by atoms with Crippen molar-refractivity contribution in [1.82, 2.24) is 20.1 Å². The number of hydrogen-bond donors (Lipinski definition) is 2. The van der Waals surface area contributed by atoms with Crippen molar-refractivity contribution in [3.05, 3.63) is 30.2 Å². The number of hydrogen-bond acceptors (Lipinski definition) is 4. The van der Waals surface area contributed by atoms with Crippen LogP contribution in [0.4, 0.5) is 5.82 Å². The van der Waals surface area contributed by atoms with E-state index in [1.54, 1.807) is 19.3 Å². The fourth-order valence-electron chi connectivity index (χ4n) is 2.74. The van der Waals surface area contributed by atoms with E-state index in [9.17, 15) is 4.79 Å². The molecule has 1 atom stereocenters. The van der Waals surface area contributed by atoms with E-state index in [1.165, 1.54) is 0 Å². The number of amides is 1. The minimum absolute atomic E-state index is 0.127. The van der Waals surface area contributed by atoms with Crippen molar-refractivity contribution >= 4 is 11.7 Å². The van der Waals surface area contributed by atoms with Crippen LogP contribution < -0.4 is 5.73 Å². The van der Waals surface area contributed by atoms with Gasteiger partial charge in [0.25, 0.3) is 0 Å². The highest BCUT2D eigenvalue weighted by Crippen LogP contribution is 2.33. The molecule has 1 amide bonds. The average molecular weight is 271 g/mol. The summed E-state index contributed by atoms with van der Waals surface area (Å²) in [5.74, 6) is 0.916. The lowest BCUT2D eigenvalue weighted by molar-refractivity contribution is -0.127. The third-order valence-electron chi connectivity index (χ3n) is 3.80. The van der Waals surface area contributed by atoms with E-state index in [4.69, 9.17) is 5.73 Å². The first-order valence-corrected chi connectivity index (χ1v) is 6.66. The highest BCUT2D eigenvalue weighted by Gasteiger charge is 2.28. The normalized spacial score (nSPS) is 18.4. The molecule has 6 heteroatoms. The van der Waals surface area contributed by atoms with Gasteiger partial charge in [-0.15, -0.1) is 0 Å². The molecule has 3 rings (SSSR count). The van der Waals surface area contributed by atoms with Crippen LogP contribution in [-0.2, 0) is 4.79 Å². The molecule has 0 aromatic carbocycles. The topological polar surface area (TPSA) is 87.9 Å². The first-order chi connectivity index (χ1) is 9.65. The van der Waals surface area contributed by atoms with E-state index < -0.39 is 0 Å². The Morgan fingerprint density at radius 1 is 1.55 bits per heavy atom. The molecule has 1 unspecified atom stereocenters. The van der Waals surface area contributed by atoms with Crippen molar-refractivity contribution in [1.29, 1.82) is 0 Å². The quantitative estimate of drug-likeness (QED) is 0.864. The van der Waals surface area contributed by atoms with Crippen LogP contribution in [0.5, 0.6) is 0 Å². The Morgan fingerprint density at radius 2 is 2.40 bits per heavy atom.